The molecule has 2 heterocycles. The van der Waals surface area contributed by atoms with Crippen molar-refractivity contribution in [3.8, 4) is 0 Å². The zero-order valence-corrected chi connectivity index (χ0v) is 8.85. The van der Waals surface area contributed by atoms with Crippen LogP contribution < -0.4 is 10.6 Å². The molecule has 1 aromatic rings. The fraction of sp³-hybridized carbons (Fsp3) is 0.500. The number of piperidine rings is 1. The predicted octanol–water partition coefficient (Wildman–Crippen LogP) is 1.15. The van der Waals surface area contributed by atoms with Gasteiger partial charge in [-0.1, -0.05) is 0 Å². The van der Waals surface area contributed by atoms with Crippen molar-refractivity contribution in [1.29, 1.82) is 0 Å². The Morgan fingerprint density at radius 3 is 3.19 bits per heavy atom. The lowest BCUT2D eigenvalue weighted by molar-refractivity contribution is -0.384. The summed E-state index contributed by atoms with van der Waals surface area (Å²) in [7, 11) is 0. The Morgan fingerprint density at radius 1 is 1.62 bits per heavy atom. The first kappa shape index (κ1) is 10.8. The van der Waals surface area contributed by atoms with Gasteiger partial charge in [-0.3, -0.25) is 15.1 Å². The van der Waals surface area contributed by atoms with Gasteiger partial charge in [0.25, 0.3) is 0 Å². The zero-order chi connectivity index (χ0) is 11.4. The summed E-state index contributed by atoms with van der Waals surface area (Å²) in [6, 6.07) is 1.90. The van der Waals surface area contributed by atoms with Gasteiger partial charge in [0.05, 0.1) is 4.92 Å². The first-order chi connectivity index (χ1) is 7.77. The maximum Gasteiger partial charge on any atom is 0.310 e. The van der Waals surface area contributed by atoms with Gasteiger partial charge in [-0.25, -0.2) is 0 Å². The lowest BCUT2D eigenvalue weighted by Crippen LogP contribution is -2.38. The van der Waals surface area contributed by atoms with Crippen molar-refractivity contribution in [3.05, 3.63) is 28.6 Å². The van der Waals surface area contributed by atoms with Crippen LogP contribution in [-0.4, -0.2) is 29.0 Å². The number of nitro groups is 1. The topological polar surface area (TPSA) is 80.1 Å². The molecule has 0 aromatic carbocycles. The molecule has 1 aliphatic rings. The van der Waals surface area contributed by atoms with E-state index in [2.05, 4.69) is 15.6 Å². The summed E-state index contributed by atoms with van der Waals surface area (Å²) in [4.78, 5) is 14.1. The van der Waals surface area contributed by atoms with E-state index in [4.69, 9.17) is 0 Å². The summed E-state index contributed by atoms with van der Waals surface area (Å²) in [6.07, 6.45) is 4.97. The van der Waals surface area contributed by atoms with Gasteiger partial charge in [0.15, 0.2) is 0 Å². The molecule has 6 nitrogen and oxygen atoms in total. The molecule has 1 unspecified atom stereocenters. The van der Waals surface area contributed by atoms with E-state index < -0.39 is 4.92 Å². The van der Waals surface area contributed by atoms with E-state index >= 15 is 0 Å². The molecule has 0 spiro atoms. The summed E-state index contributed by atoms with van der Waals surface area (Å²) in [5.74, 6) is 0. The van der Waals surface area contributed by atoms with Crippen LogP contribution in [-0.2, 0) is 0 Å². The average molecular weight is 222 g/mol. The number of rotatable bonds is 3. The molecule has 0 bridgehead atoms. The number of hydrogen-bond acceptors (Lipinski definition) is 5. The van der Waals surface area contributed by atoms with Gasteiger partial charge < -0.3 is 10.6 Å². The van der Waals surface area contributed by atoms with Crippen LogP contribution in [0.1, 0.15) is 12.8 Å². The normalized spacial score (nSPS) is 20.4. The third-order valence-corrected chi connectivity index (χ3v) is 2.65. The van der Waals surface area contributed by atoms with E-state index in [1.165, 1.54) is 6.20 Å². The molecule has 16 heavy (non-hydrogen) atoms. The van der Waals surface area contributed by atoms with Gasteiger partial charge in [-0.05, 0) is 25.5 Å². The van der Waals surface area contributed by atoms with Gasteiger partial charge in [-0.2, -0.15) is 0 Å². The minimum absolute atomic E-state index is 0.0353. The number of pyridine rings is 1. The van der Waals surface area contributed by atoms with Crippen LogP contribution in [0.5, 0.6) is 0 Å². The highest BCUT2D eigenvalue weighted by Crippen LogP contribution is 2.23. The van der Waals surface area contributed by atoms with Crippen LogP contribution in [0.4, 0.5) is 11.4 Å². The third kappa shape index (κ3) is 2.46. The number of nitrogens with zero attached hydrogens (tertiary/aromatic N) is 2. The summed E-state index contributed by atoms with van der Waals surface area (Å²) < 4.78 is 0. The van der Waals surface area contributed by atoms with E-state index in [1.807, 2.05) is 0 Å². The SMILES string of the molecule is O=[N+]([O-])c1cnccc1NC1CCCNC1. The smallest absolute Gasteiger partial charge is 0.310 e. The van der Waals surface area contributed by atoms with Crippen LogP contribution in [0.25, 0.3) is 0 Å². The van der Waals surface area contributed by atoms with Crippen LogP contribution in [0.2, 0.25) is 0 Å². The molecule has 1 saturated heterocycles. The van der Waals surface area contributed by atoms with Crippen molar-refractivity contribution in [2.45, 2.75) is 18.9 Å². The largest absolute Gasteiger partial charge is 0.375 e. The minimum Gasteiger partial charge on any atom is -0.375 e. The van der Waals surface area contributed by atoms with Crippen LogP contribution in [0.3, 0.4) is 0 Å². The molecule has 0 saturated carbocycles. The molecule has 1 fully saturated rings. The van der Waals surface area contributed by atoms with E-state index in [-0.39, 0.29) is 11.7 Å². The molecule has 2 N–H and O–H groups in total. The Hall–Kier alpha value is -1.69. The van der Waals surface area contributed by atoms with Crippen molar-refractivity contribution in [3.63, 3.8) is 0 Å². The monoisotopic (exact) mass is 222 g/mol. The van der Waals surface area contributed by atoms with Gasteiger partial charge in [-0.15, -0.1) is 0 Å². The lowest BCUT2D eigenvalue weighted by Gasteiger charge is -2.24. The first-order valence-electron chi connectivity index (χ1n) is 5.33. The second-order valence-electron chi connectivity index (χ2n) is 3.84. The summed E-state index contributed by atoms with van der Waals surface area (Å²) >= 11 is 0. The second-order valence-corrected chi connectivity index (χ2v) is 3.84. The van der Waals surface area contributed by atoms with Gasteiger partial charge in [0, 0.05) is 18.8 Å². The van der Waals surface area contributed by atoms with Crippen molar-refractivity contribution >= 4 is 11.4 Å². The number of hydrogen-bond donors (Lipinski definition) is 2. The van der Waals surface area contributed by atoms with Crippen molar-refractivity contribution in [1.82, 2.24) is 10.3 Å². The Balaban J connectivity index is 2.10. The summed E-state index contributed by atoms with van der Waals surface area (Å²) in [5, 5.41) is 17.2. The Labute approximate surface area is 93.2 Å². The number of aromatic nitrogens is 1. The van der Waals surface area contributed by atoms with Crippen LogP contribution in [0.15, 0.2) is 18.5 Å². The van der Waals surface area contributed by atoms with Crippen molar-refractivity contribution in [2.75, 3.05) is 18.4 Å². The maximum absolute atomic E-state index is 10.8. The number of nitrogens with one attached hydrogen (secondary N) is 2. The van der Waals surface area contributed by atoms with Crippen molar-refractivity contribution < 1.29 is 4.92 Å². The molecule has 1 atom stereocenters. The Kier molecular flexibility index (Phi) is 3.31. The molecule has 1 aromatic heterocycles. The number of anilines is 1. The van der Waals surface area contributed by atoms with Gasteiger partial charge >= 0.3 is 5.69 Å². The second kappa shape index (κ2) is 4.89. The fourth-order valence-corrected chi connectivity index (χ4v) is 1.85. The van der Waals surface area contributed by atoms with Gasteiger partial charge in [0.2, 0.25) is 0 Å². The summed E-state index contributed by atoms with van der Waals surface area (Å²) in [5.41, 5.74) is 0.585. The van der Waals surface area contributed by atoms with E-state index in [9.17, 15) is 10.1 Å². The molecule has 86 valence electrons. The molecule has 0 aliphatic carbocycles. The molecular weight excluding hydrogens is 208 g/mol. The van der Waals surface area contributed by atoms with Crippen molar-refractivity contribution in [2.24, 2.45) is 0 Å². The Morgan fingerprint density at radius 2 is 2.50 bits per heavy atom. The standard InChI is InChI=1S/C10H14N4O2/c15-14(16)10-7-12-5-3-9(10)13-8-2-1-4-11-6-8/h3,5,7-8,11H,1-2,4,6H2,(H,12,13). The molecule has 0 radical (unpaired) electrons. The molecule has 2 rings (SSSR count). The van der Waals surface area contributed by atoms with E-state index in [0.717, 1.165) is 25.9 Å². The highest BCUT2D eigenvalue weighted by atomic mass is 16.6. The average Bonchev–Trinajstić information content (AvgIpc) is 2.31. The molecular formula is C10H14N4O2. The fourth-order valence-electron chi connectivity index (χ4n) is 1.85. The third-order valence-electron chi connectivity index (χ3n) is 2.65. The highest BCUT2D eigenvalue weighted by molar-refractivity contribution is 5.60. The van der Waals surface area contributed by atoms with E-state index in [1.54, 1.807) is 12.3 Å². The molecule has 0 amide bonds. The van der Waals surface area contributed by atoms with Crippen LogP contribution in [0, 0.1) is 10.1 Å². The molecule has 1 aliphatic heterocycles. The van der Waals surface area contributed by atoms with Crippen LogP contribution >= 0.6 is 0 Å². The maximum atomic E-state index is 10.8. The highest BCUT2D eigenvalue weighted by Gasteiger charge is 2.18. The Bertz CT molecular complexity index is 377. The molecule has 6 heteroatoms. The predicted molar refractivity (Wildman–Crippen MR) is 60.4 cm³/mol. The minimum atomic E-state index is -0.411. The first-order valence-corrected chi connectivity index (χ1v) is 5.33. The quantitative estimate of drug-likeness (QED) is 0.592. The summed E-state index contributed by atoms with van der Waals surface area (Å²) in [6.45, 7) is 1.87. The zero-order valence-electron chi connectivity index (χ0n) is 8.85. The van der Waals surface area contributed by atoms with E-state index in [0.29, 0.717) is 5.69 Å². The van der Waals surface area contributed by atoms with Gasteiger partial charge in [0.1, 0.15) is 11.9 Å². The lowest BCUT2D eigenvalue weighted by atomic mass is 10.1.